The number of benzene rings is 1. The van der Waals surface area contributed by atoms with Crippen LogP contribution < -0.4 is 5.32 Å². The van der Waals surface area contributed by atoms with Crippen LogP contribution in [-0.2, 0) is 0 Å². The molecule has 0 unspecified atom stereocenters. The average molecular weight is 293 g/mol. The third kappa shape index (κ3) is 3.58. The fourth-order valence-corrected chi connectivity index (χ4v) is 2.60. The molecule has 112 valence electrons. The van der Waals surface area contributed by atoms with Gasteiger partial charge in [-0.3, -0.25) is 14.8 Å². The summed E-state index contributed by atoms with van der Waals surface area (Å²) in [5.74, 6) is -0.0304. The molecule has 4 nitrogen and oxygen atoms in total. The Bertz CT molecular complexity index is 662. The zero-order valence-electron chi connectivity index (χ0n) is 12.5. The minimum absolute atomic E-state index is 0.0304. The standard InChI is InChI=1S/C18H19N3O/c22-18(21-12-14-4-2-1-3-5-14)16-8-6-15(7-9-16)17-13-19-10-11-20-17/h4,6-11,13H,1-3,5,12H2,(H,21,22). The zero-order valence-corrected chi connectivity index (χ0v) is 12.5. The number of carbonyl (C=O) groups excluding carboxylic acids is 1. The lowest BCUT2D eigenvalue weighted by Crippen LogP contribution is -2.26. The van der Waals surface area contributed by atoms with Crippen molar-refractivity contribution in [2.45, 2.75) is 25.7 Å². The summed E-state index contributed by atoms with van der Waals surface area (Å²) < 4.78 is 0. The molecule has 0 spiro atoms. The van der Waals surface area contributed by atoms with E-state index in [1.807, 2.05) is 24.3 Å². The SMILES string of the molecule is O=C(NCC1=CCCCC1)c1ccc(-c2cnccn2)cc1. The monoisotopic (exact) mass is 293 g/mol. The molecule has 22 heavy (non-hydrogen) atoms. The first-order valence-electron chi connectivity index (χ1n) is 7.65. The van der Waals surface area contributed by atoms with Gasteiger partial charge < -0.3 is 5.32 Å². The van der Waals surface area contributed by atoms with Crippen LogP contribution in [0.1, 0.15) is 36.0 Å². The maximum atomic E-state index is 12.2. The summed E-state index contributed by atoms with van der Waals surface area (Å²) >= 11 is 0. The summed E-state index contributed by atoms with van der Waals surface area (Å²) in [5, 5.41) is 2.99. The molecule has 1 N–H and O–H groups in total. The van der Waals surface area contributed by atoms with Crippen LogP contribution >= 0.6 is 0 Å². The van der Waals surface area contributed by atoms with Crippen molar-refractivity contribution in [1.29, 1.82) is 0 Å². The van der Waals surface area contributed by atoms with E-state index in [2.05, 4.69) is 21.4 Å². The van der Waals surface area contributed by atoms with E-state index in [0.29, 0.717) is 12.1 Å². The first kappa shape index (κ1) is 14.4. The fraction of sp³-hybridized carbons (Fsp3) is 0.278. The van der Waals surface area contributed by atoms with Gasteiger partial charge in [-0.05, 0) is 37.8 Å². The minimum atomic E-state index is -0.0304. The number of hydrogen-bond donors (Lipinski definition) is 1. The molecular weight excluding hydrogens is 274 g/mol. The van der Waals surface area contributed by atoms with Gasteiger partial charge in [0.15, 0.2) is 0 Å². The van der Waals surface area contributed by atoms with Crippen molar-refractivity contribution in [3.63, 3.8) is 0 Å². The van der Waals surface area contributed by atoms with E-state index in [-0.39, 0.29) is 5.91 Å². The second kappa shape index (κ2) is 6.98. The highest BCUT2D eigenvalue weighted by atomic mass is 16.1. The zero-order chi connectivity index (χ0) is 15.2. The predicted molar refractivity (Wildman–Crippen MR) is 86.4 cm³/mol. The molecule has 1 heterocycles. The van der Waals surface area contributed by atoms with Crippen LogP contribution in [0.4, 0.5) is 0 Å². The van der Waals surface area contributed by atoms with Crippen LogP contribution in [0.2, 0.25) is 0 Å². The Hall–Kier alpha value is -2.49. The first-order valence-corrected chi connectivity index (χ1v) is 7.65. The van der Waals surface area contributed by atoms with Gasteiger partial charge in [-0.25, -0.2) is 0 Å². The van der Waals surface area contributed by atoms with Crippen molar-refractivity contribution in [3.8, 4) is 11.3 Å². The van der Waals surface area contributed by atoms with Crippen molar-refractivity contribution in [3.05, 3.63) is 60.1 Å². The summed E-state index contributed by atoms with van der Waals surface area (Å²) in [7, 11) is 0. The molecule has 0 fully saturated rings. The minimum Gasteiger partial charge on any atom is -0.348 e. The second-order valence-electron chi connectivity index (χ2n) is 5.46. The summed E-state index contributed by atoms with van der Waals surface area (Å²) in [6.45, 7) is 0.657. The number of carbonyl (C=O) groups is 1. The third-order valence-corrected chi connectivity index (χ3v) is 3.87. The Morgan fingerprint density at radius 2 is 2.00 bits per heavy atom. The quantitative estimate of drug-likeness (QED) is 0.879. The molecule has 0 bridgehead atoms. The Labute approximate surface area is 130 Å². The third-order valence-electron chi connectivity index (χ3n) is 3.87. The molecule has 3 rings (SSSR count). The van der Waals surface area contributed by atoms with Crippen LogP contribution in [0.5, 0.6) is 0 Å². The number of allylic oxidation sites excluding steroid dienone is 1. The summed E-state index contributed by atoms with van der Waals surface area (Å²) in [5.41, 5.74) is 3.78. The largest absolute Gasteiger partial charge is 0.348 e. The second-order valence-corrected chi connectivity index (χ2v) is 5.46. The van der Waals surface area contributed by atoms with Gasteiger partial charge in [0.1, 0.15) is 0 Å². The van der Waals surface area contributed by atoms with Crippen molar-refractivity contribution in [2.75, 3.05) is 6.54 Å². The van der Waals surface area contributed by atoms with Gasteiger partial charge in [0.05, 0.1) is 11.9 Å². The van der Waals surface area contributed by atoms with Crippen molar-refractivity contribution >= 4 is 5.91 Å². The number of nitrogens with zero attached hydrogens (tertiary/aromatic N) is 2. The first-order chi connectivity index (χ1) is 10.8. The molecule has 0 atom stereocenters. The van der Waals surface area contributed by atoms with E-state index in [1.165, 1.54) is 18.4 Å². The van der Waals surface area contributed by atoms with Gasteiger partial charge in [0.25, 0.3) is 5.91 Å². The lowest BCUT2D eigenvalue weighted by molar-refractivity contribution is 0.0956. The number of nitrogens with one attached hydrogen (secondary N) is 1. The summed E-state index contributed by atoms with van der Waals surface area (Å²) in [4.78, 5) is 20.5. The highest BCUT2D eigenvalue weighted by molar-refractivity contribution is 5.94. The Balaban J connectivity index is 1.62. The van der Waals surface area contributed by atoms with E-state index >= 15 is 0 Å². The van der Waals surface area contributed by atoms with E-state index in [4.69, 9.17) is 0 Å². The number of hydrogen-bond acceptors (Lipinski definition) is 3. The molecule has 0 aliphatic heterocycles. The molecule has 1 aromatic carbocycles. The number of amides is 1. The molecule has 1 amide bonds. The predicted octanol–water partition coefficient (Wildman–Crippen LogP) is 3.37. The molecule has 1 aromatic heterocycles. The van der Waals surface area contributed by atoms with Gasteiger partial charge >= 0.3 is 0 Å². The Morgan fingerprint density at radius 3 is 2.68 bits per heavy atom. The molecule has 0 radical (unpaired) electrons. The van der Waals surface area contributed by atoms with Crippen LogP contribution in [-0.4, -0.2) is 22.4 Å². The molecule has 1 aliphatic rings. The normalized spacial score (nSPS) is 14.3. The van der Waals surface area contributed by atoms with Gasteiger partial charge in [-0.2, -0.15) is 0 Å². The van der Waals surface area contributed by atoms with E-state index < -0.39 is 0 Å². The van der Waals surface area contributed by atoms with Crippen molar-refractivity contribution < 1.29 is 4.79 Å². The summed E-state index contributed by atoms with van der Waals surface area (Å²) in [6, 6.07) is 7.46. The fourth-order valence-electron chi connectivity index (χ4n) is 2.60. The van der Waals surface area contributed by atoms with Crippen LogP contribution in [0.3, 0.4) is 0 Å². The van der Waals surface area contributed by atoms with Gasteiger partial charge in [-0.15, -0.1) is 0 Å². The van der Waals surface area contributed by atoms with Crippen molar-refractivity contribution in [2.24, 2.45) is 0 Å². The van der Waals surface area contributed by atoms with E-state index in [9.17, 15) is 4.79 Å². The van der Waals surface area contributed by atoms with Gasteiger partial charge in [0.2, 0.25) is 0 Å². The van der Waals surface area contributed by atoms with Crippen LogP contribution in [0.25, 0.3) is 11.3 Å². The molecule has 4 heteroatoms. The van der Waals surface area contributed by atoms with E-state index in [1.54, 1.807) is 18.6 Å². The lowest BCUT2D eigenvalue weighted by atomic mass is 9.99. The smallest absolute Gasteiger partial charge is 0.251 e. The average Bonchev–Trinajstić information content (AvgIpc) is 2.61. The van der Waals surface area contributed by atoms with E-state index in [0.717, 1.165) is 24.1 Å². The molecular formula is C18H19N3O. The number of aromatic nitrogens is 2. The van der Waals surface area contributed by atoms with Gasteiger partial charge in [0, 0.05) is 30.1 Å². The topological polar surface area (TPSA) is 54.9 Å². The number of rotatable bonds is 4. The molecule has 2 aromatic rings. The van der Waals surface area contributed by atoms with Crippen LogP contribution in [0.15, 0.2) is 54.5 Å². The lowest BCUT2D eigenvalue weighted by Gasteiger charge is -2.13. The Kier molecular flexibility index (Phi) is 4.59. The van der Waals surface area contributed by atoms with Crippen LogP contribution in [0, 0.1) is 0 Å². The molecule has 0 saturated heterocycles. The Morgan fingerprint density at radius 1 is 1.14 bits per heavy atom. The summed E-state index contributed by atoms with van der Waals surface area (Å²) in [6.07, 6.45) is 12.0. The highest BCUT2D eigenvalue weighted by Gasteiger charge is 2.08. The van der Waals surface area contributed by atoms with Gasteiger partial charge in [-0.1, -0.05) is 23.8 Å². The molecule has 0 saturated carbocycles. The maximum absolute atomic E-state index is 12.2. The van der Waals surface area contributed by atoms with Crippen molar-refractivity contribution in [1.82, 2.24) is 15.3 Å². The maximum Gasteiger partial charge on any atom is 0.251 e. The molecule has 1 aliphatic carbocycles. The highest BCUT2D eigenvalue weighted by Crippen LogP contribution is 2.17.